The second-order valence-corrected chi connectivity index (χ2v) is 12.3. The first kappa shape index (κ1) is 32.3. The Morgan fingerprint density at radius 3 is 1.54 bits per heavy atom. The number of nitrogens with one attached hydrogen (secondary N) is 2. The molecule has 0 saturated heterocycles. The van der Waals surface area contributed by atoms with Gasteiger partial charge in [0.2, 0.25) is 20.0 Å². The first-order chi connectivity index (χ1) is 18.4. The van der Waals surface area contributed by atoms with Crippen LogP contribution >= 0.6 is 23.2 Å². The van der Waals surface area contributed by atoms with Gasteiger partial charge in [0.05, 0.1) is 19.8 Å². The Morgan fingerprint density at radius 1 is 0.821 bits per heavy atom. The number of phenols is 2. The highest BCUT2D eigenvalue weighted by atomic mass is 35.5. The SMILES string of the molecule is CCCCNS(=O)(=O)c1cc(Cl)c(O)c(N=NC(C#N)N=Nc2cc(S(=O)(=O)NCCCC)cc(Cl)c2O)c1. The highest BCUT2D eigenvalue weighted by Gasteiger charge is 2.20. The molecule has 0 spiro atoms. The summed E-state index contributed by atoms with van der Waals surface area (Å²) in [4.78, 5) is -0.564. The molecule has 0 atom stereocenters. The molecular formula is C22H27Cl2N7O6S2. The van der Waals surface area contributed by atoms with Crippen LogP contribution in [-0.4, -0.2) is 46.3 Å². The fourth-order valence-electron chi connectivity index (χ4n) is 2.83. The van der Waals surface area contributed by atoms with Gasteiger partial charge in [-0.2, -0.15) is 5.26 Å². The summed E-state index contributed by atoms with van der Waals surface area (Å²) in [5.41, 5.74) is -0.711. The Bertz CT molecular complexity index is 1390. The van der Waals surface area contributed by atoms with E-state index in [1.807, 2.05) is 13.8 Å². The molecule has 0 unspecified atom stereocenters. The molecule has 2 rings (SSSR count). The second kappa shape index (κ2) is 14.5. The fraction of sp³-hybridized carbons (Fsp3) is 0.409. The highest BCUT2D eigenvalue weighted by molar-refractivity contribution is 7.89. The molecule has 2 aromatic rings. The van der Waals surface area contributed by atoms with Crippen molar-refractivity contribution in [2.24, 2.45) is 20.5 Å². The van der Waals surface area contributed by atoms with Crippen LogP contribution in [0.2, 0.25) is 10.0 Å². The number of phenolic OH excluding ortho intramolecular Hbond substituents is 2. The summed E-state index contributed by atoms with van der Waals surface area (Å²) >= 11 is 11.9. The third-order valence-electron chi connectivity index (χ3n) is 4.96. The maximum atomic E-state index is 12.5. The van der Waals surface area contributed by atoms with Crippen molar-refractivity contribution in [3.05, 3.63) is 34.3 Å². The number of azo groups is 2. The quantitative estimate of drug-likeness (QED) is 0.162. The van der Waals surface area contributed by atoms with Crippen LogP contribution in [0.25, 0.3) is 0 Å². The van der Waals surface area contributed by atoms with Crippen molar-refractivity contribution in [2.45, 2.75) is 55.5 Å². The molecule has 0 heterocycles. The third kappa shape index (κ3) is 9.09. The monoisotopic (exact) mass is 619 g/mol. The van der Waals surface area contributed by atoms with Crippen LogP contribution in [0.3, 0.4) is 0 Å². The topological polar surface area (TPSA) is 206 Å². The largest absolute Gasteiger partial charge is 0.504 e. The average molecular weight is 621 g/mol. The molecule has 0 amide bonds. The predicted molar refractivity (Wildman–Crippen MR) is 145 cm³/mol. The molecule has 0 fully saturated rings. The van der Waals surface area contributed by atoms with Crippen LogP contribution in [0.5, 0.6) is 11.5 Å². The van der Waals surface area contributed by atoms with Gasteiger partial charge < -0.3 is 10.2 Å². The van der Waals surface area contributed by atoms with Gasteiger partial charge in [0.25, 0.3) is 6.17 Å². The van der Waals surface area contributed by atoms with Gasteiger partial charge in [-0.05, 0) is 37.1 Å². The van der Waals surface area contributed by atoms with Crippen molar-refractivity contribution in [1.82, 2.24) is 9.44 Å². The Morgan fingerprint density at radius 2 is 1.21 bits per heavy atom. The van der Waals surface area contributed by atoms with E-state index in [9.17, 15) is 32.3 Å². The molecule has 0 aliphatic heterocycles. The third-order valence-corrected chi connectivity index (χ3v) is 8.42. The minimum absolute atomic E-state index is 0.194. The Labute approximate surface area is 236 Å². The van der Waals surface area contributed by atoms with E-state index in [2.05, 4.69) is 29.9 Å². The summed E-state index contributed by atoms with van der Waals surface area (Å²) in [6.45, 7) is 4.18. The van der Waals surface area contributed by atoms with E-state index in [0.29, 0.717) is 12.8 Å². The van der Waals surface area contributed by atoms with Gasteiger partial charge in [-0.25, -0.2) is 26.3 Å². The molecule has 2 aromatic carbocycles. The number of unbranched alkanes of at least 4 members (excludes halogenated alkanes) is 2. The van der Waals surface area contributed by atoms with Crippen LogP contribution in [0.4, 0.5) is 11.4 Å². The van der Waals surface area contributed by atoms with Crippen LogP contribution in [0, 0.1) is 11.3 Å². The summed E-state index contributed by atoms with van der Waals surface area (Å²) in [5, 5.41) is 43.8. The minimum atomic E-state index is -3.97. The molecule has 212 valence electrons. The molecule has 0 aliphatic rings. The van der Waals surface area contributed by atoms with Crippen molar-refractivity contribution in [3.63, 3.8) is 0 Å². The van der Waals surface area contributed by atoms with E-state index in [0.717, 1.165) is 37.1 Å². The van der Waals surface area contributed by atoms with Gasteiger partial charge in [0, 0.05) is 13.1 Å². The molecule has 0 saturated carbocycles. The van der Waals surface area contributed by atoms with E-state index in [1.165, 1.54) is 0 Å². The number of aromatic hydroxyl groups is 2. The molecule has 0 aromatic heterocycles. The Kier molecular flexibility index (Phi) is 12.0. The summed E-state index contributed by atoms with van der Waals surface area (Å²) in [6, 6.07) is 5.75. The van der Waals surface area contributed by atoms with Crippen LogP contribution < -0.4 is 9.44 Å². The zero-order valence-corrected chi connectivity index (χ0v) is 24.1. The average Bonchev–Trinajstić information content (AvgIpc) is 2.88. The summed E-state index contributed by atoms with van der Waals surface area (Å²) in [6.07, 6.45) is 1.12. The van der Waals surface area contributed by atoms with E-state index in [-0.39, 0.29) is 44.3 Å². The molecule has 0 radical (unpaired) electrons. The van der Waals surface area contributed by atoms with Crippen LogP contribution in [0.15, 0.2) is 54.5 Å². The maximum absolute atomic E-state index is 12.5. The van der Waals surface area contributed by atoms with Gasteiger partial charge in [-0.15, -0.1) is 20.5 Å². The zero-order chi connectivity index (χ0) is 29.2. The molecule has 4 N–H and O–H groups in total. The van der Waals surface area contributed by atoms with E-state index in [1.54, 1.807) is 6.07 Å². The standard InChI is InChI=1S/C22H27Cl2N7O6S2/c1-3-5-7-26-38(34,35)14-9-16(23)21(32)18(11-14)28-30-20(13-25)31-29-19-12-15(10-17(24)22(19)33)39(36,37)27-8-6-4-2/h9-12,20,26-27,32-33H,3-8H2,1-2H3. The molecule has 0 bridgehead atoms. The summed E-state index contributed by atoms with van der Waals surface area (Å²) in [5.74, 6) is -1.17. The molecule has 17 heteroatoms. The van der Waals surface area contributed by atoms with Crippen LogP contribution in [0.1, 0.15) is 39.5 Å². The van der Waals surface area contributed by atoms with Crippen molar-refractivity contribution in [1.29, 1.82) is 5.26 Å². The van der Waals surface area contributed by atoms with Gasteiger partial charge in [0.1, 0.15) is 17.4 Å². The molecule has 0 aliphatic carbocycles. The lowest BCUT2D eigenvalue weighted by Crippen LogP contribution is -2.24. The lowest BCUT2D eigenvalue weighted by molar-refractivity contribution is 0.475. The number of halogens is 2. The van der Waals surface area contributed by atoms with Gasteiger partial charge in [-0.1, -0.05) is 49.9 Å². The number of hydrogen-bond acceptors (Lipinski definition) is 11. The highest BCUT2D eigenvalue weighted by Crippen LogP contribution is 2.38. The fourth-order valence-corrected chi connectivity index (χ4v) is 5.62. The number of rotatable bonds is 14. The predicted octanol–water partition coefficient (Wildman–Crippen LogP) is 5.28. The second-order valence-electron chi connectivity index (χ2n) is 7.98. The lowest BCUT2D eigenvalue weighted by atomic mass is 10.3. The van der Waals surface area contributed by atoms with Crippen molar-refractivity contribution >= 4 is 54.6 Å². The molecule has 13 nitrogen and oxygen atoms in total. The number of benzene rings is 2. The van der Waals surface area contributed by atoms with E-state index >= 15 is 0 Å². The van der Waals surface area contributed by atoms with Gasteiger partial charge in [0.15, 0.2) is 11.5 Å². The first-order valence-corrected chi connectivity index (χ1v) is 15.3. The van der Waals surface area contributed by atoms with Gasteiger partial charge in [-0.3, -0.25) is 0 Å². The van der Waals surface area contributed by atoms with Crippen LogP contribution in [-0.2, 0) is 20.0 Å². The number of nitriles is 1. The van der Waals surface area contributed by atoms with E-state index < -0.39 is 37.7 Å². The summed E-state index contributed by atoms with van der Waals surface area (Å²) < 4.78 is 54.9. The van der Waals surface area contributed by atoms with E-state index in [4.69, 9.17) is 23.2 Å². The number of sulfonamides is 2. The zero-order valence-electron chi connectivity index (χ0n) is 21.0. The smallest absolute Gasteiger partial charge is 0.266 e. The Hall–Kier alpha value is -2.87. The van der Waals surface area contributed by atoms with Crippen molar-refractivity contribution in [2.75, 3.05) is 13.1 Å². The van der Waals surface area contributed by atoms with Crippen molar-refractivity contribution < 1.29 is 27.0 Å². The maximum Gasteiger partial charge on any atom is 0.266 e. The Balaban J connectivity index is 2.35. The normalized spacial score (nSPS) is 13.2. The molecule has 39 heavy (non-hydrogen) atoms. The first-order valence-electron chi connectivity index (χ1n) is 11.6. The number of hydrogen-bond donors (Lipinski definition) is 4. The number of nitrogens with zero attached hydrogens (tertiary/aromatic N) is 5. The molecular weight excluding hydrogens is 593 g/mol. The van der Waals surface area contributed by atoms with Gasteiger partial charge >= 0.3 is 0 Å². The minimum Gasteiger partial charge on any atom is -0.504 e. The van der Waals surface area contributed by atoms with Crippen molar-refractivity contribution in [3.8, 4) is 17.6 Å². The summed E-state index contributed by atoms with van der Waals surface area (Å²) in [7, 11) is -7.93. The lowest BCUT2D eigenvalue weighted by Gasteiger charge is -2.09.